The second-order valence-electron chi connectivity index (χ2n) is 5.36. The van der Waals surface area contributed by atoms with Gasteiger partial charge in [-0.1, -0.05) is 23.9 Å². The first kappa shape index (κ1) is 17.7. The summed E-state index contributed by atoms with van der Waals surface area (Å²) >= 11 is 0.418. The van der Waals surface area contributed by atoms with Gasteiger partial charge in [-0.05, 0) is 12.1 Å². The van der Waals surface area contributed by atoms with Crippen LogP contribution >= 0.6 is 11.8 Å². The Morgan fingerprint density at radius 1 is 1.30 bits per heavy atom. The Morgan fingerprint density at radius 2 is 1.96 bits per heavy atom. The van der Waals surface area contributed by atoms with E-state index in [0.717, 1.165) is 4.90 Å². The number of hydrogen-bond donors (Lipinski definition) is 2. The summed E-state index contributed by atoms with van der Waals surface area (Å²) in [6, 6.07) is 6.53. The van der Waals surface area contributed by atoms with Gasteiger partial charge in [0.25, 0.3) is 11.7 Å². The van der Waals surface area contributed by atoms with Crippen molar-refractivity contribution < 1.29 is 23.3 Å². The molecule has 1 fully saturated rings. The summed E-state index contributed by atoms with van der Waals surface area (Å²) < 4.78 is 25.1. The van der Waals surface area contributed by atoms with E-state index in [1.165, 1.54) is 6.92 Å². The van der Waals surface area contributed by atoms with Gasteiger partial charge in [0.05, 0.1) is 31.9 Å². The summed E-state index contributed by atoms with van der Waals surface area (Å²) in [4.78, 5) is 26.6. The standard InChI is InChI=1S/C15H19F2N3O2S/c1-11(21)20-8-6-19(7-9-20)10-14(22)18-12-4-2-3-5-13(12)23-15(16)17/h2-5,15H,6-10H2,1H3,(H,18,22)/p+1. The van der Waals surface area contributed by atoms with Gasteiger partial charge in [0, 0.05) is 11.8 Å². The average molecular weight is 344 g/mol. The Balaban J connectivity index is 1.87. The van der Waals surface area contributed by atoms with Crippen molar-refractivity contribution in [3.05, 3.63) is 24.3 Å². The number of carbonyl (C=O) groups is 2. The molecule has 0 aliphatic carbocycles. The summed E-state index contributed by atoms with van der Waals surface area (Å²) in [6.45, 7) is 4.49. The number of nitrogens with zero attached hydrogens (tertiary/aromatic N) is 1. The minimum Gasteiger partial charge on any atom is -0.332 e. The van der Waals surface area contributed by atoms with Crippen LogP contribution in [-0.2, 0) is 9.59 Å². The highest BCUT2D eigenvalue weighted by atomic mass is 32.2. The molecule has 5 nitrogen and oxygen atoms in total. The molecule has 0 unspecified atom stereocenters. The van der Waals surface area contributed by atoms with Gasteiger partial charge in [-0.3, -0.25) is 9.59 Å². The van der Waals surface area contributed by atoms with Crippen LogP contribution < -0.4 is 10.2 Å². The van der Waals surface area contributed by atoms with E-state index in [2.05, 4.69) is 5.32 Å². The molecule has 0 bridgehead atoms. The van der Waals surface area contributed by atoms with Crippen molar-refractivity contribution in [3.63, 3.8) is 0 Å². The lowest BCUT2D eigenvalue weighted by molar-refractivity contribution is -0.895. The highest BCUT2D eigenvalue weighted by molar-refractivity contribution is 7.99. The number of piperazine rings is 1. The molecule has 1 aromatic carbocycles. The third-order valence-electron chi connectivity index (χ3n) is 3.70. The molecular weight excluding hydrogens is 324 g/mol. The maximum absolute atomic E-state index is 12.5. The zero-order valence-corrected chi connectivity index (χ0v) is 13.7. The first-order chi connectivity index (χ1) is 11.0. The number of amides is 2. The number of alkyl halides is 2. The Labute approximate surface area is 138 Å². The molecule has 2 N–H and O–H groups in total. The van der Waals surface area contributed by atoms with Crippen LogP contribution in [0.2, 0.25) is 0 Å². The van der Waals surface area contributed by atoms with Gasteiger partial charge in [0.1, 0.15) is 0 Å². The van der Waals surface area contributed by atoms with E-state index >= 15 is 0 Å². The molecule has 2 amide bonds. The van der Waals surface area contributed by atoms with E-state index < -0.39 is 5.76 Å². The second-order valence-corrected chi connectivity index (χ2v) is 6.39. The van der Waals surface area contributed by atoms with E-state index in [-0.39, 0.29) is 18.4 Å². The quantitative estimate of drug-likeness (QED) is 0.773. The lowest BCUT2D eigenvalue weighted by Crippen LogP contribution is -3.15. The van der Waals surface area contributed by atoms with Gasteiger partial charge in [0.2, 0.25) is 5.91 Å². The maximum atomic E-state index is 12.5. The zero-order chi connectivity index (χ0) is 16.8. The molecule has 1 aromatic rings. The normalized spacial score (nSPS) is 15.7. The zero-order valence-electron chi connectivity index (χ0n) is 12.9. The number of anilines is 1. The second kappa shape index (κ2) is 8.26. The van der Waals surface area contributed by atoms with Crippen molar-refractivity contribution in [2.45, 2.75) is 17.6 Å². The van der Waals surface area contributed by atoms with Crippen molar-refractivity contribution in [1.82, 2.24) is 4.90 Å². The van der Waals surface area contributed by atoms with Crippen LogP contribution in [0.15, 0.2) is 29.2 Å². The van der Waals surface area contributed by atoms with Crippen molar-refractivity contribution in [2.24, 2.45) is 0 Å². The highest BCUT2D eigenvalue weighted by Crippen LogP contribution is 2.31. The van der Waals surface area contributed by atoms with Crippen LogP contribution in [0.5, 0.6) is 0 Å². The monoisotopic (exact) mass is 344 g/mol. The number of para-hydroxylation sites is 1. The van der Waals surface area contributed by atoms with Crippen molar-refractivity contribution in [3.8, 4) is 0 Å². The third kappa shape index (κ3) is 5.47. The summed E-state index contributed by atoms with van der Waals surface area (Å²) in [5.41, 5.74) is 0.407. The highest BCUT2D eigenvalue weighted by Gasteiger charge is 2.23. The Kier molecular flexibility index (Phi) is 6.35. The third-order valence-corrected chi connectivity index (χ3v) is 4.49. The predicted octanol–water partition coefficient (Wildman–Crippen LogP) is 0.687. The smallest absolute Gasteiger partial charge is 0.288 e. The Bertz CT molecular complexity index is 563. The fourth-order valence-electron chi connectivity index (χ4n) is 2.50. The molecule has 1 aliphatic rings. The van der Waals surface area contributed by atoms with E-state index in [1.54, 1.807) is 29.2 Å². The first-order valence-electron chi connectivity index (χ1n) is 7.38. The van der Waals surface area contributed by atoms with E-state index in [1.807, 2.05) is 0 Å². The minimum absolute atomic E-state index is 0.0476. The van der Waals surface area contributed by atoms with E-state index in [4.69, 9.17) is 0 Å². The average Bonchev–Trinajstić information content (AvgIpc) is 2.49. The topological polar surface area (TPSA) is 53.9 Å². The van der Waals surface area contributed by atoms with Crippen molar-refractivity contribution >= 4 is 29.3 Å². The molecule has 1 heterocycles. The number of benzene rings is 1. The summed E-state index contributed by atoms with van der Waals surface area (Å²) in [5, 5.41) is 2.70. The molecule has 0 atom stereocenters. The van der Waals surface area contributed by atoms with Crippen LogP contribution in [0.4, 0.5) is 14.5 Å². The van der Waals surface area contributed by atoms with Gasteiger partial charge < -0.3 is 15.1 Å². The van der Waals surface area contributed by atoms with Crippen LogP contribution in [0.25, 0.3) is 0 Å². The summed E-state index contributed by atoms with van der Waals surface area (Å²) in [6.07, 6.45) is 0. The van der Waals surface area contributed by atoms with E-state index in [9.17, 15) is 18.4 Å². The maximum Gasteiger partial charge on any atom is 0.288 e. The van der Waals surface area contributed by atoms with Crippen LogP contribution in [0.3, 0.4) is 0 Å². The van der Waals surface area contributed by atoms with Crippen molar-refractivity contribution in [1.29, 1.82) is 0 Å². The van der Waals surface area contributed by atoms with E-state index in [0.29, 0.717) is 48.5 Å². The fourth-order valence-corrected chi connectivity index (χ4v) is 3.10. The number of quaternary nitrogens is 1. The number of carbonyl (C=O) groups excluding carboxylic acids is 2. The number of thioether (sulfide) groups is 1. The lowest BCUT2D eigenvalue weighted by atomic mass is 10.3. The Morgan fingerprint density at radius 3 is 2.57 bits per heavy atom. The number of nitrogens with one attached hydrogen (secondary N) is 2. The van der Waals surface area contributed by atoms with Gasteiger partial charge >= 0.3 is 0 Å². The lowest BCUT2D eigenvalue weighted by Gasteiger charge is -2.31. The number of hydrogen-bond acceptors (Lipinski definition) is 3. The molecule has 2 rings (SSSR count). The molecular formula is C15H20F2N3O2S+. The molecule has 1 saturated heterocycles. The predicted molar refractivity (Wildman–Crippen MR) is 84.8 cm³/mol. The molecule has 0 aromatic heterocycles. The fraction of sp³-hybridized carbons (Fsp3) is 0.467. The Hall–Kier alpha value is -1.67. The van der Waals surface area contributed by atoms with Gasteiger partial charge in [-0.15, -0.1) is 0 Å². The minimum atomic E-state index is -2.53. The van der Waals surface area contributed by atoms with Gasteiger partial charge in [0.15, 0.2) is 6.54 Å². The largest absolute Gasteiger partial charge is 0.332 e. The molecule has 0 radical (unpaired) electrons. The number of rotatable bonds is 5. The van der Waals surface area contributed by atoms with Crippen LogP contribution in [0.1, 0.15) is 6.92 Å². The summed E-state index contributed by atoms with van der Waals surface area (Å²) in [7, 11) is 0. The van der Waals surface area contributed by atoms with Crippen LogP contribution in [-0.4, -0.2) is 55.2 Å². The first-order valence-corrected chi connectivity index (χ1v) is 8.26. The van der Waals surface area contributed by atoms with Crippen LogP contribution in [0, 0.1) is 0 Å². The molecule has 8 heteroatoms. The van der Waals surface area contributed by atoms with Gasteiger partial charge in [-0.25, -0.2) is 0 Å². The molecule has 0 saturated carbocycles. The van der Waals surface area contributed by atoms with Crippen molar-refractivity contribution in [2.75, 3.05) is 38.0 Å². The molecule has 23 heavy (non-hydrogen) atoms. The molecule has 1 aliphatic heterocycles. The molecule has 126 valence electrons. The SMILES string of the molecule is CC(=O)N1CC[NH+](CC(=O)Nc2ccccc2SC(F)F)CC1. The summed E-state index contributed by atoms with van der Waals surface area (Å²) in [5.74, 6) is -2.69. The van der Waals surface area contributed by atoms with Gasteiger partial charge in [-0.2, -0.15) is 8.78 Å². The number of halogens is 2. The molecule has 0 spiro atoms.